The third-order valence-corrected chi connectivity index (χ3v) is 3.18. The standard InChI is InChI=1S/C15H13N3O2/c1-20-13-5-3-2-4-12(13)9-15-17-16-14-8-11(10-19)6-7-18(14)15/h2-8,10H,9H2,1H3. The Morgan fingerprint density at radius 2 is 2.10 bits per heavy atom. The van der Waals surface area contributed by atoms with Crippen LogP contribution in [0.1, 0.15) is 21.7 Å². The zero-order chi connectivity index (χ0) is 13.9. The molecule has 0 aliphatic carbocycles. The Labute approximate surface area is 115 Å². The number of fused-ring (bicyclic) bond motifs is 1. The largest absolute Gasteiger partial charge is 0.496 e. The molecule has 0 aliphatic rings. The average Bonchev–Trinajstić information content (AvgIpc) is 2.90. The molecule has 0 radical (unpaired) electrons. The number of carbonyl (C=O) groups excluding carboxylic acids is 1. The van der Waals surface area contributed by atoms with Gasteiger partial charge in [0.1, 0.15) is 17.9 Å². The fourth-order valence-electron chi connectivity index (χ4n) is 2.17. The van der Waals surface area contributed by atoms with Gasteiger partial charge in [0.15, 0.2) is 5.65 Å². The number of benzene rings is 1. The van der Waals surface area contributed by atoms with Crippen molar-refractivity contribution in [3.05, 3.63) is 59.5 Å². The first-order valence-electron chi connectivity index (χ1n) is 6.22. The van der Waals surface area contributed by atoms with Crippen molar-refractivity contribution < 1.29 is 9.53 Å². The highest BCUT2D eigenvalue weighted by atomic mass is 16.5. The van der Waals surface area contributed by atoms with E-state index in [0.29, 0.717) is 17.6 Å². The minimum atomic E-state index is 0.591. The number of para-hydroxylation sites is 1. The number of carbonyl (C=O) groups is 1. The van der Waals surface area contributed by atoms with Gasteiger partial charge in [0, 0.05) is 23.7 Å². The van der Waals surface area contributed by atoms with Gasteiger partial charge in [-0.2, -0.15) is 0 Å². The lowest BCUT2D eigenvalue weighted by Gasteiger charge is -2.06. The molecule has 1 aromatic carbocycles. The topological polar surface area (TPSA) is 56.5 Å². The van der Waals surface area contributed by atoms with Crippen molar-refractivity contribution in [2.45, 2.75) is 6.42 Å². The molecule has 100 valence electrons. The molecule has 20 heavy (non-hydrogen) atoms. The van der Waals surface area contributed by atoms with E-state index in [9.17, 15) is 4.79 Å². The first-order chi connectivity index (χ1) is 9.81. The van der Waals surface area contributed by atoms with E-state index in [1.807, 2.05) is 34.9 Å². The Morgan fingerprint density at radius 1 is 1.25 bits per heavy atom. The number of hydrogen-bond donors (Lipinski definition) is 0. The number of aromatic nitrogens is 3. The maximum Gasteiger partial charge on any atom is 0.161 e. The van der Waals surface area contributed by atoms with Gasteiger partial charge in [0.05, 0.1) is 7.11 Å². The van der Waals surface area contributed by atoms with Gasteiger partial charge in [-0.15, -0.1) is 10.2 Å². The summed E-state index contributed by atoms with van der Waals surface area (Å²) >= 11 is 0. The van der Waals surface area contributed by atoms with Crippen LogP contribution < -0.4 is 4.74 Å². The number of rotatable bonds is 4. The lowest BCUT2D eigenvalue weighted by Crippen LogP contribution is -1.99. The fourth-order valence-corrected chi connectivity index (χ4v) is 2.17. The summed E-state index contributed by atoms with van der Waals surface area (Å²) in [5, 5.41) is 8.28. The zero-order valence-corrected chi connectivity index (χ0v) is 11.0. The molecular formula is C15H13N3O2. The van der Waals surface area contributed by atoms with Crippen LogP contribution in [0.2, 0.25) is 0 Å². The Bertz CT molecular complexity index is 765. The number of ether oxygens (including phenoxy) is 1. The van der Waals surface area contributed by atoms with Gasteiger partial charge in [-0.3, -0.25) is 9.20 Å². The monoisotopic (exact) mass is 267 g/mol. The molecule has 2 aromatic heterocycles. The average molecular weight is 267 g/mol. The van der Waals surface area contributed by atoms with Crippen LogP contribution >= 0.6 is 0 Å². The smallest absolute Gasteiger partial charge is 0.161 e. The van der Waals surface area contributed by atoms with Gasteiger partial charge in [-0.05, 0) is 18.2 Å². The number of nitrogens with zero attached hydrogens (tertiary/aromatic N) is 3. The van der Waals surface area contributed by atoms with Crippen molar-refractivity contribution in [1.82, 2.24) is 14.6 Å². The molecule has 5 heteroatoms. The predicted molar refractivity (Wildman–Crippen MR) is 74.2 cm³/mol. The third kappa shape index (κ3) is 2.14. The quantitative estimate of drug-likeness (QED) is 0.680. The predicted octanol–water partition coefficient (Wildman–Crippen LogP) is 2.14. The molecule has 0 aliphatic heterocycles. The van der Waals surface area contributed by atoms with Crippen molar-refractivity contribution >= 4 is 11.9 Å². The van der Waals surface area contributed by atoms with E-state index in [1.54, 1.807) is 19.2 Å². The van der Waals surface area contributed by atoms with E-state index in [1.165, 1.54) is 0 Å². The molecule has 0 spiro atoms. The van der Waals surface area contributed by atoms with Gasteiger partial charge >= 0.3 is 0 Å². The van der Waals surface area contributed by atoms with Crippen LogP contribution in [0.15, 0.2) is 42.6 Å². The molecule has 3 aromatic rings. The van der Waals surface area contributed by atoms with E-state index in [2.05, 4.69) is 10.2 Å². The maximum atomic E-state index is 10.8. The maximum absolute atomic E-state index is 10.8. The van der Waals surface area contributed by atoms with Crippen molar-refractivity contribution in [1.29, 1.82) is 0 Å². The molecule has 0 saturated carbocycles. The minimum Gasteiger partial charge on any atom is -0.496 e. The Morgan fingerprint density at radius 3 is 2.90 bits per heavy atom. The first kappa shape index (κ1) is 12.3. The summed E-state index contributed by atoms with van der Waals surface area (Å²) < 4.78 is 7.21. The second-order valence-electron chi connectivity index (χ2n) is 4.41. The van der Waals surface area contributed by atoms with Gasteiger partial charge in [-0.1, -0.05) is 18.2 Å². The third-order valence-electron chi connectivity index (χ3n) is 3.18. The summed E-state index contributed by atoms with van der Waals surface area (Å²) in [6.45, 7) is 0. The van der Waals surface area contributed by atoms with Crippen molar-refractivity contribution in [3.63, 3.8) is 0 Å². The highest BCUT2D eigenvalue weighted by Gasteiger charge is 2.09. The summed E-state index contributed by atoms with van der Waals surface area (Å²) in [4.78, 5) is 10.8. The highest BCUT2D eigenvalue weighted by molar-refractivity contribution is 5.76. The number of hydrogen-bond acceptors (Lipinski definition) is 4. The van der Waals surface area contributed by atoms with Crippen LogP contribution in [0.3, 0.4) is 0 Å². The number of pyridine rings is 1. The summed E-state index contributed by atoms with van der Waals surface area (Å²) in [5.74, 6) is 1.63. The first-order valence-corrected chi connectivity index (χ1v) is 6.22. The molecule has 0 saturated heterocycles. The van der Waals surface area contributed by atoms with Gasteiger partial charge in [0.2, 0.25) is 0 Å². The van der Waals surface area contributed by atoms with Crippen LogP contribution in [0.4, 0.5) is 0 Å². The van der Waals surface area contributed by atoms with E-state index in [-0.39, 0.29) is 0 Å². The molecule has 0 atom stereocenters. The second-order valence-corrected chi connectivity index (χ2v) is 4.41. The summed E-state index contributed by atoms with van der Waals surface area (Å²) in [5.41, 5.74) is 2.30. The van der Waals surface area contributed by atoms with Gasteiger partial charge < -0.3 is 4.74 Å². The van der Waals surface area contributed by atoms with Crippen LogP contribution in [-0.4, -0.2) is 28.0 Å². The second kappa shape index (κ2) is 5.13. The summed E-state index contributed by atoms with van der Waals surface area (Å²) in [6, 6.07) is 11.3. The van der Waals surface area contributed by atoms with Crippen LogP contribution in [0.5, 0.6) is 5.75 Å². The Balaban J connectivity index is 2.01. The van der Waals surface area contributed by atoms with E-state index >= 15 is 0 Å². The van der Waals surface area contributed by atoms with Crippen LogP contribution in [0.25, 0.3) is 5.65 Å². The lowest BCUT2D eigenvalue weighted by atomic mass is 10.1. The highest BCUT2D eigenvalue weighted by Crippen LogP contribution is 2.20. The molecule has 0 amide bonds. The number of aldehydes is 1. The summed E-state index contributed by atoms with van der Waals surface area (Å²) in [6.07, 6.45) is 3.23. The summed E-state index contributed by atoms with van der Waals surface area (Å²) in [7, 11) is 1.65. The van der Waals surface area contributed by atoms with E-state index < -0.39 is 0 Å². The molecule has 2 heterocycles. The molecule has 5 nitrogen and oxygen atoms in total. The lowest BCUT2D eigenvalue weighted by molar-refractivity contribution is 0.112. The minimum absolute atomic E-state index is 0.591. The van der Waals surface area contributed by atoms with Crippen LogP contribution in [-0.2, 0) is 6.42 Å². The van der Waals surface area contributed by atoms with Crippen molar-refractivity contribution in [2.75, 3.05) is 7.11 Å². The van der Waals surface area contributed by atoms with E-state index in [4.69, 9.17) is 4.74 Å². The van der Waals surface area contributed by atoms with Crippen molar-refractivity contribution in [2.24, 2.45) is 0 Å². The molecule has 0 bridgehead atoms. The van der Waals surface area contributed by atoms with E-state index in [0.717, 1.165) is 23.4 Å². The van der Waals surface area contributed by atoms with Gasteiger partial charge in [-0.25, -0.2) is 0 Å². The Kier molecular flexibility index (Phi) is 3.16. The molecule has 3 rings (SSSR count). The molecule has 0 fully saturated rings. The molecule has 0 N–H and O–H groups in total. The SMILES string of the molecule is COc1ccccc1Cc1nnc2cc(C=O)ccn12. The number of methoxy groups -OCH3 is 1. The van der Waals surface area contributed by atoms with Crippen molar-refractivity contribution in [3.8, 4) is 5.75 Å². The normalized spacial score (nSPS) is 10.7. The molecule has 0 unspecified atom stereocenters. The van der Waals surface area contributed by atoms with Crippen LogP contribution in [0, 0.1) is 0 Å². The molecular weight excluding hydrogens is 254 g/mol. The van der Waals surface area contributed by atoms with Gasteiger partial charge in [0.25, 0.3) is 0 Å². The zero-order valence-electron chi connectivity index (χ0n) is 11.0. The fraction of sp³-hybridized carbons (Fsp3) is 0.133. The Hall–Kier alpha value is -2.69.